The lowest BCUT2D eigenvalue weighted by atomic mass is 9.48. The molecule has 0 radical (unpaired) electrons. The summed E-state index contributed by atoms with van der Waals surface area (Å²) in [6.45, 7) is 10.3. The fourth-order valence-electron chi connectivity index (χ4n) is 9.29. The second-order valence-electron chi connectivity index (χ2n) is 12.2. The molecule has 4 rings (SSSR count). The number of fused-ring (bicyclic) bond motifs is 5. The van der Waals surface area contributed by atoms with E-state index in [-0.39, 0.29) is 0 Å². The number of hydrazone groups is 1. The second kappa shape index (κ2) is 9.61. The summed E-state index contributed by atoms with van der Waals surface area (Å²) in [6.07, 6.45) is 17.1. The SMILES string of the molecule is CCCC1CCC2C(CCC3C2CCC2(C)C3CCC2[C@H](C)CN(N)/N=C(\N)CC)C1. The lowest BCUT2D eigenvalue weighted by Gasteiger charge is -2.57. The molecule has 4 heteroatoms. The van der Waals surface area contributed by atoms with Crippen LogP contribution in [0.1, 0.15) is 105 Å². The highest BCUT2D eigenvalue weighted by atomic mass is 15.6. The molecule has 0 bridgehead atoms. The second-order valence-corrected chi connectivity index (χ2v) is 12.2. The first-order valence-corrected chi connectivity index (χ1v) is 13.7. The van der Waals surface area contributed by atoms with E-state index in [2.05, 4.69) is 25.9 Å². The fourth-order valence-corrected chi connectivity index (χ4v) is 9.29. The summed E-state index contributed by atoms with van der Waals surface area (Å²) >= 11 is 0. The van der Waals surface area contributed by atoms with E-state index < -0.39 is 0 Å². The fraction of sp³-hybridized carbons (Fsp3) is 0.963. The van der Waals surface area contributed by atoms with Crippen molar-refractivity contribution in [2.45, 2.75) is 105 Å². The molecule has 8 unspecified atom stereocenters. The average Bonchev–Trinajstić information content (AvgIpc) is 3.10. The first-order chi connectivity index (χ1) is 14.9. The van der Waals surface area contributed by atoms with E-state index in [0.717, 1.165) is 54.4 Å². The first-order valence-electron chi connectivity index (χ1n) is 13.7. The van der Waals surface area contributed by atoms with Crippen LogP contribution in [0.5, 0.6) is 0 Å². The Kier molecular flexibility index (Phi) is 7.25. The molecule has 0 aromatic rings. The minimum absolute atomic E-state index is 0.508. The maximum atomic E-state index is 6.21. The molecule has 4 aliphatic rings. The number of hydrogen-bond acceptors (Lipinski definition) is 3. The van der Waals surface area contributed by atoms with Crippen LogP contribution in [-0.4, -0.2) is 17.5 Å². The molecular weight excluding hydrogens is 380 g/mol. The van der Waals surface area contributed by atoms with Gasteiger partial charge in [0.2, 0.25) is 0 Å². The molecule has 4 aliphatic carbocycles. The Morgan fingerprint density at radius 3 is 2.55 bits per heavy atom. The highest BCUT2D eigenvalue weighted by Crippen LogP contribution is 2.65. The molecule has 31 heavy (non-hydrogen) atoms. The van der Waals surface area contributed by atoms with Crippen LogP contribution in [0.25, 0.3) is 0 Å². The van der Waals surface area contributed by atoms with Gasteiger partial charge in [0.15, 0.2) is 0 Å². The van der Waals surface area contributed by atoms with Crippen molar-refractivity contribution in [2.24, 2.45) is 69.4 Å². The molecular formula is C27H50N4. The van der Waals surface area contributed by atoms with Crippen molar-refractivity contribution in [3.05, 3.63) is 0 Å². The molecule has 178 valence electrons. The third-order valence-corrected chi connectivity index (χ3v) is 10.6. The van der Waals surface area contributed by atoms with Gasteiger partial charge in [-0.15, -0.1) is 5.10 Å². The Morgan fingerprint density at radius 1 is 1.03 bits per heavy atom. The number of nitrogens with zero attached hydrogens (tertiary/aromatic N) is 2. The highest BCUT2D eigenvalue weighted by Gasteiger charge is 2.57. The van der Waals surface area contributed by atoms with Crippen molar-refractivity contribution in [1.29, 1.82) is 0 Å². The summed E-state index contributed by atoms with van der Waals surface area (Å²) in [6, 6.07) is 0. The molecule has 0 aliphatic heterocycles. The molecule has 0 spiro atoms. The molecule has 0 aromatic heterocycles. The minimum atomic E-state index is 0.508. The van der Waals surface area contributed by atoms with Gasteiger partial charge >= 0.3 is 0 Å². The van der Waals surface area contributed by atoms with Gasteiger partial charge in [0.1, 0.15) is 5.84 Å². The number of nitrogens with two attached hydrogens (primary N) is 2. The van der Waals surface area contributed by atoms with Gasteiger partial charge in [-0.05, 0) is 104 Å². The summed E-state index contributed by atoms with van der Waals surface area (Å²) < 4.78 is 0. The van der Waals surface area contributed by atoms with E-state index in [1.807, 2.05) is 6.92 Å². The van der Waals surface area contributed by atoms with E-state index in [4.69, 9.17) is 11.6 Å². The Morgan fingerprint density at radius 2 is 1.81 bits per heavy atom. The smallest absolute Gasteiger partial charge is 0.121 e. The van der Waals surface area contributed by atoms with Crippen molar-refractivity contribution in [3.8, 4) is 0 Å². The van der Waals surface area contributed by atoms with Gasteiger partial charge in [-0.3, -0.25) is 0 Å². The zero-order valence-electron chi connectivity index (χ0n) is 20.9. The van der Waals surface area contributed by atoms with E-state index in [9.17, 15) is 0 Å². The van der Waals surface area contributed by atoms with Gasteiger partial charge in [-0.25, -0.2) is 11.0 Å². The topological polar surface area (TPSA) is 67.6 Å². The number of rotatable bonds is 7. The Bertz CT molecular complexity index is 633. The molecule has 0 saturated heterocycles. The van der Waals surface area contributed by atoms with Crippen LogP contribution in [0, 0.1) is 52.8 Å². The Balaban J connectivity index is 1.41. The average molecular weight is 431 g/mol. The minimum Gasteiger partial charge on any atom is -0.386 e. The van der Waals surface area contributed by atoms with Crippen LogP contribution in [-0.2, 0) is 0 Å². The molecule has 9 atom stereocenters. The number of hydrazine groups is 1. The van der Waals surface area contributed by atoms with Crippen LogP contribution in [0.15, 0.2) is 5.10 Å². The van der Waals surface area contributed by atoms with E-state index in [1.54, 1.807) is 18.0 Å². The third-order valence-electron chi connectivity index (χ3n) is 10.6. The zero-order chi connectivity index (χ0) is 22.2. The summed E-state index contributed by atoms with van der Waals surface area (Å²) in [5.74, 6) is 14.3. The molecule has 4 fully saturated rings. The van der Waals surface area contributed by atoms with Crippen LogP contribution >= 0.6 is 0 Å². The Labute approximate surface area is 191 Å². The molecule has 4 N–H and O–H groups in total. The summed E-state index contributed by atoms with van der Waals surface area (Å²) in [7, 11) is 0. The summed E-state index contributed by atoms with van der Waals surface area (Å²) in [5.41, 5.74) is 6.42. The largest absolute Gasteiger partial charge is 0.386 e. The number of hydrogen-bond donors (Lipinski definition) is 2. The summed E-state index contributed by atoms with van der Waals surface area (Å²) in [5, 5.41) is 5.99. The van der Waals surface area contributed by atoms with Crippen molar-refractivity contribution in [3.63, 3.8) is 0 Å². The van der Waals surface area contributed by atoms with Crippen molar-refractivity contribution >= 4 is 5.84 Å². The van der Waals surface area contributed by atoms with Gasteiger partial charge in [-0.1, -0.05) is 47.0 Å². The molecule has 4 nitrogen and oxygen atoms in total. The van der Waals surface area contributed by atoms with Crippen LogP contribution < -0.4 is 11.6 Å². The first kappa shape index (κ1) is 23.4. The maximum Gasteiger partial charge on any atom is 0.121 e. The van der Waals surface area contributed by atoms with E-state index in [0.29, 0.717) is 17.2 Å². The molecule has 0 amide bonds. The molecule has 0 heterocycles. The van der Waals surface area contributed by atoms with E-state index >= 15 is 0 Å². The van der Waals surface area contributed by atoms with Gasteiger partial charge in [0, 0.05) is 6.42 Å². The van der Waals surface area contributed by atoms with Crippen LogP contribution in [0.2, 0.25) is 0 Å². The Hall–Kier alpha value is -0.770. The van der Waals surface area contributed by atoms with E-state index in [1.165, 1.54) is 57.8 Å². The number of amidine groups is 1. The monoisotopic (exact) mass is 430 g/mol. The highest BCUT2D eigenvalue weighted by molar-refractivity contribution is 5.79. The summed E-state index contributed by atoms with van der Waals surface area (Å²) in [4.78, 5) is 0. The van der Waals surface area contributed by atoms with Crippen molar-refractivity contribution < 1.29 is 0 Å². The van der Waals surface area contributed by atoms with Gasteiger partial charge < -0.3 is 5.73 Å². The van der Waals surface area contributed by atoms with Gasteiger partial charge in [-0.2, -0.15) is 0 Å². The maximum absolute atomic E-state index is 6.21. The quantitative estimate of drug-likeness (QED) is 0.220. The lowest BCUT2D eigenvalue weighted by Crippen LogP contribution is -2.49. The molecule has 0 aromatic carbocycles. The lowest BCUT2D eigenvalue weighted by molar-refractivity contribution is -0.0754. The zero-order valence-corrected chi connectivity index (χ0v) is 20.9. The third kappa shape index (κ3) is 4.52. The predicted octanol–water partition coefficient (Wildman–Crippen LogP) is 6.17. The van der Waals surface area contributed by atoms with Gasteiger partial charge in [0.25, 0.3) is 0 Å². The predicted molar refractivity (Wildman–Crippen MR) is 131 cm³/mol. The van der Waals surface area contributed by atoms with Crippen LogP contribution in [0.4, 0.5) is 0 Å². The molecule has 4 saturated carbocycles. The standard InChI is InChI=1S/C27H50N4/c1-5-7-19-8-10-21-20(16-19)9-11-23-22(21)14-15-27(4)24(12-13-25(23)27)18(3)17-31(29)30-26(28)6-2/h18-25H,5-17,29H2,1-4H3,(H2,28,30)/t18-,19?,20?,21?,22?,23?,24?,25?,27?/m1/s1. The normalized spacial score (nSPS) is 43.6. The van der Waals surface area contributed by atoms with Crippen molar-refractivity contribution in [2.75, 3.05) is 6.54 Å². The van der Waals surface area contributed by atoms with Gasteiger partial charge in [0.05, 0.1) is 6.54 Å². The van der Waals surface area contributed by atoms with Crippen molar-refractivity contribution in [1.82, 2.24) is 5.12 Å². The van der Waals surface area contributed by atoms with Crippen LogP contribution in [0.3, 0.4) is 0 Å².